The summed E-state index contributed by atoms with van der Waals surface area (Å²) >= 11 is 2.23. The highest BCUT2D eigenvalue weighted by molar-refractivity contribution is 14.1. The van der Waals surface area contributed by atoms with Crippen LogP contribution in [0.4, 0.5) is 5.69 Å². The summed E-state index contributed by atoms with van der Waals surface area (Å²) in [5, 5.41) is 2.89. The third kappa shape index (κ3) is 4.49. The molecule has 0 unspecified atom stereocenters. The molecule has 0 aliphatic heterocycles. The van der Waals surface area contributed by atoms with Crippen LogP contribution in [0.15, 0.2) is 72.8 Å². The molecular weight excluding hydrogens is 441 g/mol. The topological polar surface area (TPSA) is 55.4 Å². The van der Waals surface area contributed by atoms with Crippen molar-refractivity contribution in [1.29, 1.82) is 0 Å². The van der Waals surface area contributed by atoms with Gasteiger partial charge in [-0.15, -0.1) is 0 Å². The lowest BCUT2D eigenvalue weighted by atomic mass is 10.1. The predicted molar refractivity (Wildman–Crippen MR) is 110 cm³/mol. The van der Waals surface area contributed by atoms with E-state index >= 15 is 0 Å². The van der Waals surface area contributed by atoms with E-state index in [2.05, 4.69) is 27.9 Å². The van der Waals surface area contributed by atoms with Crippen LogP contribution in [0.3, 0.4) is 0 Å². The summed E-state index contributed by atoms with van der Waals surface area (Å²) < 4.78 is 6.43. The molecule has 0 aliphatic rings. The Kier molecular flexibility index (Phi) is 5.68. The number of ether oxygens (including phenoxy) is 1. The second-order valence-corrected chi connectivity index (χ2v) is 6.94. The number of benzene rings is 3. The number of hydrogen-bond acceptors (Lipinski definition) is 3. The first-order valence-electron chi connectivity index (χ1n) is 7.98. The van der Waals surface area contributed by atoms with E-state index in [0.717, 1.165) is 14.8 Å². The van der Waals surface area contributed by atoms with Crippen molar-refractivity contribution in [3.8, 4) is 5.75 Å². The lowest BCUT2D eigenvalue weighted by Crippen LogP contribution is -2.13. The van der Waals surface area contributed by atoms with Gasteiger partial charge in [0.05, 0.1) is 5.56 Å². The van der Waals surface area contributed by atoms with Crippen LogP contribution in [0.2, 0.25) is 0 Å². The molecule has 0 aromatic heterocycles. The van der Waals surface area contributed by atoms with Crippen LogP contribution in [-0.2, 0) is 0 Å². The summed E-state index contributed by atoms with van der Waals surface area (Å²) in [6, 6.07) is 21.1. The van der Waals surface area contributed by atoms with E-state index in [4.69, 9.17) is 4.74 Å². The lowest BCUT2D eigenvalue weighted by Gasteiger charge is -2.09. The van der Waals surface area contributed by atoms with Gasteiger partial charge in [-0.05, 0) is 89.7 Å². The quantitative estimate of drug-likeness (QED) is 0.338. The fraction of sp³-hybridized carbons (Fsp3) is 0.0476. The van der Waals surface area contributed by atoms with Crippen molar-refractivity contribution in [2.75, 3.05) is 5.32 Å². The summed E-state index contributed by atoms with van der Waals surface area (Å²) in [6.45, 7) is 1.95. The summed E-state index contributed by atoms with van der Waals surface area (Å²) in [7, 11) is 0. The van der Waals surface area contributed by atoms with Crippen molar-refractivity contribution < 1.29 is 14.3 Å². The van der Waals surface area contributed by atoms with E-state index in [-0.39, 0.29) is 5.91 Å². The third-order valence-corrected chi connectivity index (χ3v) is 4.44. The molecule has 1 amide bonds. The average molecular weight is 457 g/mol. The van der Waals surface area contributed by atoms with Crippen LogP contribution in [0, 0.1) is 10.5 Å². The zero-order chi connectivity index (χ0) is 18.5. The molecule has 4 nitrogen and oxygen atoms in total. The Morgan fingerprint density at radius 1 is 0.885 bits per heavy atom. The van der Waals surface area contributed by atoms with Crippen molar-refractivity contribution >= 4 is 40.2 Å². The minimum Gasteiger partial charge on any atom is -0.423 e. The van der Waals surface area contributed by atoms with Gasteiger partial charge in [0.15, 0.2) is 0 Å². The summed E-state index contributed by atoms with van der Waals surface area (Å²) in [6.07, 6.45) is 0. The van der Waals surface area contributed by atoms with Crippen LogP contribution in [0.5, 0.6) is 5.75 Å². The van der Waals surface area contributed by atoms with E-state index in [0.29, 0.717) is 16.9 Å². The molecule has 0 fully saturated rings. The van der Waals surface area contributed by atoms with Gasteiger partial charge in [0.25, 0.3) is 5.91 Å². The molecule has 0 atom stereocenters. The van der Waals surface area contributed by atoms with Gasteiger partial charge in [0.1, 0.15) is 5.75 Å². The zero-order valence-electron chi connectivity index (χ0n) is 14.0. The SMILES string of the molecule is Cc1cc(I)ccc1NC(=O)c1ccc(OC(=O)c2ccccc2)cc1. The fourth-order valence-electron chi connectivity index (χ4n) is 2.38. The molecule has 0 heterocycles. The Morgan fingerprint density at radius 3 is 2.23 bits per heavy atom. The monoisotopic (exact) mass is 457 g/mol. The van der Waals surface area contributed by atoms with Gasteiger partial charge in [-0.1, -0.05) is 18.2 Å². The van der Waals surface area contributed by atoms with Crippen LogP contribution in [0.25, 0.3) is 0 Å². The average Bonchev–Trinajstić information content (AvgIpc) is 2.65. The molecule has 0 saturated carbocycles. The van der Waals surface area contributed by atoms with Crippen LogP contribution in [0.1, 0.15) is 26.3 Å². The van der Waals surface area contributed by atoms with Gasteiger partial charge in [0, 0.05) is 14.8 Å². The highest BCUT2D eigenvalue weighted by Crippen LogP contribution is 2.20. The van der Waals surface area contributed by atoms with Crippen LogP contribution < -0.4 is 10.1 Å². The Morgan fingerprint density at radius 2 is 1.58 bits per heavy atom. The molecule has 130 valence electrons. The largest absolute Gasteiger partial charge is 0.423 e. The molecule has 0 radical (unpaired) electrons. The number of esters is 1. The number of hydrogen-bond donors (Lipinski definition) is 1. The van der Waals surface area contributed by atoms with Gasteiger partial charge in [-0.25, -0.2) is 4.79 Å². The van der Waals surface area contributed by atoms with E-state index in [1.165, 1.54) is 0 Å². The van der Waals surface area contributed by atoms with Crippen molar-refractivity contribution in [2.24, 2.45) is 0 Å². The van der Waals surface area contributed by atoms with Crippen molar-refractivity contribution in [2.45, 2.75) is 6.92 Å². The number of anilines is 1. The minimum atomic E-state index is -0.433. The highest BCUT2D eigenvalue weighted by atomic mass is 127. The molecule has 0 spiro atoms. The van der Waals surface area contributed by atoms with Gasteiger partial charge >= 0.3 is 5.97 Å². The minimum absolute atomic E-state index is 0.213. The molecule has 3 aromatic rings. The van der Waals surface area contributed by atoms with E-state index < -0.39 is 5.97 Å². The second kappa shape index (κ2) is 8.14. The van der Waals surface area contributed by atoms with Crippen LogP contribution in [-0.4, -0.2) is 11.9 Å². The number of halogens is 1. The molecule has 3 aromatic carbocycles. The van der Waals surface area contributed by atoms with Gasteiger partial charge in [-0.3, -0.25) is 4.79 Å². The third-order valence-electron chi connectivity index (χ3n) is 3.77. The molecule has 0 bridgehead atoms. The van der Waals surface area contributed by atoms with E-state index in [9.17, 15) is 9.59 Å². The maximum atomic E-state index is 12.4. The fourth-order valence-corrected chi connectivity index (χ4v) is 3.02. The Labute approximate surface area is 165 Å². The van der Waals surface area contributed by atoms with E-state index in [1.54, 1.807) is 48.5 Å². The summed E-state index contributed by atoms with van der Waals surface area (Å²) in [4.78, 5) is 24.4. The number of aryl methyl sites for hydroxylation is 1. The molecule has 0 saturated heterocycles. The maximum Gasteiger partial charge on any atom is 0.343 e. The first-order chi connectivity index (χ1) is 12.5. The number of carbonyl (C=O) groups excluding carboxylic acids is 2. The normalized spacial score (nSPS) is 10.2. The van der Waals surface area contributed by atoms with Crippen molar-refractivity contribution in [3.05, 3.63) is 93.1 Å². The van der Waals surface area contributed by atoms with Gasteiger partial charge in [0.2, 0.25) is 0 Å². The zero-order valence-corrected chi connectivity index (χ0v) is 16.2. The highest BCUT2D eigenvalue weighted by Gasteiger charge is 2.11. The molecule has 26 heavy (non-hydrogen) atoms. The summed E-state index contributed by atoms with van der Waals surface area (Å²) in [5.74, 6) is -0.256. The Bertz CT molecular complexity index is 937. The molecule has 3 rings (SSSR count). The first kappa shape index (κ1) is 18.1. The van der Waals surface area contributed by atoms with Crippen molar-refractivity contribution in [1.82, 2.24) is 0 Å². The predicted octanol–water partition coefficient (Wildman–Crippen LogP) is 5.07. The van der Waals surface area contributed by atoms with Crippen molar-refractivity contribution in [3.63, 3.8) is 0 Å². The van der Waals surface area contributed by atoms with Crippen LogP contribution >= 0.6 is 22.6 Å². The standard InChI is InChI=1S/C21H16INO3/c1-14-13-17(22)9-12-19(14)23-20(24)15-7-10-18(11-8-15)26-21(25)16-5-3-2-4-6-16/h2-13H,1H3,(H,23,24). The smallest absolute Gasteiger partial charge is 0.343 e. The van der Waals surface area contributed by atoms with Gasteiger partial charge < -0.3 is 10.1 Å². The lowest BCUT2D eigenvalue weighted by molar-refractivity contribution is 0.0734. The van der Waals surface area contributed by atoms with E-state index in [1.807, 2.05) is 31.2 Å². The molecule has 1 N–H and O–H groups in total. The number of nitrogens with one attached hydrogen (secondary N) is 1. The Balaban J connectivity index is 1.67. The number of carbonyl (C=O) groups is 2. The maximum absolute atomic E-state index is 12.4. The molecular formula is C21H16INO3. The van der Waals surface area contributed by atoms with Gasteiger partial charge in [-0.2, -0.15) is 0 Å². The second-order valence-electron chi connectivity index (χ2n) is 5.69. The summed E-state index contributed by atoms with van der Waals surface area (Å²) in [5.41, 5.74) is 2.74. The molecule has 0 aliphatic carbocycles. The first-order valence-corrected chi connectivity index (χ1v) is 9.05. The Hall–Kier alpha value is -2.67. The molecule has 5 heteroatoms. The number of rotatable bonds is 4. The number of amides is 1.